The third-order valence-electron chi connectivity index (χ3n) is 4.11. The van der Waals surface area contributed by atoms with Gasteiger partial charge in [-0.1, -0.05) is 42.5 Å². The summed E-state index contributed by atoms with van der Waals surface area (Å²) < 4.78 is 12.9. The van der Waals surface area contributed by atoms with Gasteiger partial charge < -0.3 is 4.90 Å². The number of rotatable bonds is 7. The van der Waals surface area contributed by atoms with E-state index in [4.69, 9.17) is 0 Å². The van der Waals surface area contributed by atoms with Crippen LogP contribution in [-0.2, 0) is 6.54 Å². The molecule has 0 saturated heterocycles. The van der Waals surface area contributed by atoms with Crippen LogP contribution in [0.2, 0.25) is 0 Å². The molecule has 0 unspecified atom stereocenters. The minimum absolute atomic E-state index is 0.258. The van der Waals surface area contributed by atoms with Crippen molar-refractivity contribution < 1.29 is 4.39 Å². The van der Waals surface area contributed by atoms with E-state index in [1.54, 1.807) is 18.3 Å². The summed E-state index contributed by atoms with van der Waals surface area (Å²) in [6.45, 7) is 3.98. The van der Waals surface area contributed by atoms with Gasteiger partial charge in [-0.15, -0.1) is 0 Å². The van der Waals surface area contributed by atoms with Gasteiger partial charge in [0.1, 0.15) is 5.82 Å². The minimum Gasteiger partial charge on any atom is -0.367 e. The summed E-state index contributed by atoms with van der Waals surface area (Å²) in [5.41, 5.74) is 7.12. The van der Waals surface area contributed by atoms with E-state index in [0.29, 0.717) is 0 Å². The van der Waals surface area contributed by atoms with Crippen LogP contribution in [0, 0.1) is 5.82 Å². The van der Waals surface area contributed by atoms with E-state index >= 15 is 0 Å². The van der Waals surface area contributed by atoms with Gasteiger partial charge in [0.15, 0.2) is 0 Å². The molecular weight excluding hydrogens is 325 g/mol. The lowest BCUT2D eigenvalue weighted by molar-refractivity contribution is 0.628. The van der Waals surface area contributed by atoms with E-state index in [2.05, 4.69) is 58.7 Å². The zero-order valence-electron chi connectivity index (χ0n) is 14.8. The highest BCUT2D eigenvalue weighted by Gasteiger charge is 2.05. The number of hydrazone groups is 1. The molecular formula is C22H22FN3. The molecule has 0 aliphatic rings. The highest BCUT2D eigenvalue weighted by atomic mass is 19.1. The van der Waals surface area contributed by atoms with Gasteiger partial charge in [0.25, 0.3) is 0 Å². The van der Waals surface area contributed by atoms with Crippen LogP contribution in [0.15, 0.2) is 84.0 Å². The topological polar surface area (TPSA) is 27.6 Å². The fourth-order valence-corrected chi connectivity index (χ4v) is 2.67. The molecule has 132 valence electrons. The summed E-state index contributed by atoms with van der Waals surface area (Å²) in [5, 5.41) is 4.19. The molecule has 3 aromatic rings. The van der Waals surface area contributed by atoms with E-state index in [1.165, 1.54) is 23.4 Å². The molecule has 3 nitrogen and oxygen atoms in total. The molecule has 3 rings (SSSR count). The molecule has 0 bridgehead atoms. The molecule has 0 atom stereocenters. The zero-order valence-corrected chi connectivity index (χ0v) is 14.8. The Bertz CT molecular complexity index is 828. The van der Waals surface area contributed by atoms with E-state index in [1.807, 2.05) is 18.2 Å². The first-order chi connectivity index (χ1) is 12.7. The van der Waals surface area contributed by atoms with Crippen molar-refractivity contribution in [3.8, 4) is 0 Å². The van der Waals surface area contributed by atoms with Crippen LogP contribution in [-0.4, -0.2) is 12.8 Å². The van der Waals surface area contributed by atoms with E-state index in [0.717, 1.165) is 24.3 Å². The Labute approximate surface area is 153 Å². The number of nitrogens with one attached hydrogen (secondary N) is 1. The molecule has 0 aliphatic heterocycles. The first-order valence-electron chi connectivity index (χ1n) is 8.68. The van der Waals surface area contributed by atoms with E-state index in [-0.39, 0.29) is 5.82 Å². The Morgan fingerprint density at radius 2 is 1.62 bits per heavy atom. The van der Waals surface area contributed by atoms with E-state index in [9.17, 15) is 4.39 Å². The minimum atomic E-state index is -0.258. The molecule has 0 radical (unpaired) electrons. The van der Waals surface area contributed by atoms with Crippen LogP contribution >= 0.6 is 0 Å². The Balaban J connectivity index is 1.61. The average Bonchev–Trinajstić information content (AvgIpc) is 2.69. The van der Waals surface area contributed by atoms with Gasteiger partial charge in [-0.2, -0.15) is 5.10 Å². The molecule has 4 heteroatoms. The summed E-state index contributed by atoms with van der Waals surface area (Å²) in [6.07, 6.45) is 1.75. The van der Waals surface area contributed by atoms with Crippen molar-refractivity contribution in [2.75, 3.05) is 16.9 Å². The molecule has 0 saturated carbocycles. The second kappa shape index (κ2) is 8.81. The van der Waals surface area contributed by atoms with Crippen molar-refractivity contribution in [2.45, 2.75) is 13.5 Å². The van der Waals surface area contributed by atoms with Crippen molar-refractivity contribution in [1.29, 1.82) is 0 Å². The number of hydrogen-bond donors (Lipinski definition) is 1. The largest absolute Gasteiger partial charge is 0.367 e. The molecule has 0 heterocycles. The third-order valence-corrected chi connectivity index (χ3v) is 4.11. The molecule has 0 fully saturated rings. The molecule has 0 aromatic heterocycles. The lowest BCUT2D eigenvalue weighted by atomic mass is 10.1. The maximum Gasteiger partial charge on any atom is 0.123 e. The molecule has 0 amide bonds. The van der Waals surface area contributed by atoms with Crippen LogP contribution < -0.4 is 10.3 Å². The fourth-order valence-electron chi connectivity index (χ4n) is 2.67. The van der Waals surface area contributed by atoms with Crippen molar-refractivity contribution in [1.82, 2.24) is 0 Å². The van der Waals surface area contributed by atoms with Gasteiger partial charge >= 0.3 is 0 Å². The van der Waals surface area contributed by atoms with Crippen molar-refractivity contribution in [2.24, 2.45) is 5.10 Å². The van der Waals surface area contributed by atoms with Gasteiger partial charge in [0.05, 0.1) is 11.9 Å². The summed E-state index contributed by atoms with van der Waals surface area (Å²) in [4.78, 5) is 2.33. The summed E-state index contributed by atoms with van der Waals surface area (Å²) >= 11 is 0. The number of hydrogen-bond acceptors (Lipinski definition) is 3. The third kappa shape index (κ3) is 4.93. The predicted octanol–water partition coefficient (Wildman–Crippen LogP) is 5.30. The lowest BCUT2D eigenvalue weighted by Crippen LogP contribution is -2.21. The smallest absolute Gasteiger partial charge is 0.123 e. The quantitative estimate of drug-likeness (QED) is 0.464. The zero-order chi connectivity index (χ0) is 18.2. The van der Waals surface area contributed by atoms with Gasteiger partial charge in [-0.05, 0) is 54.4 Å². The molecule has 0 spiro atoms. The number of halogens is 1. The maximum atomic E-state index is 12.9. The number of anilines is 2. The van der Waals surface area contributed by atoms with Crippen LogP contribution in [0.5, 0.6) is 0 Å². The van der Waals surface area contributed by atoms with Crippen LogP contribution in [0.3, 0.4) is 0 Å². The normalized spacial score (nSPS) is 10.8. The first-order valence-corrected chi connectivity index (χ1v) is 8.68. The Hall–Kier alpha value is -3.14. The molecule has 26 heavy (non-hydrogen) atoms. The van der Waals surface area contributed by atoms with Crippen molar-refractivity contribution in [3.63, 3.8) is 0 Å². The van der Waals surface area contributed by atoms with E-state index < -0.39 is 0 Å². The number of nitrogens with zero attached hydrogens (tertiary/aromatic N) is 2. The van der Waals surface area contributed by atoms with Crippen LogP contribution in [0.4, 0.5) is 15.8 Å². The van der Waals surface area contributed by atoms with Gasteiger partial charge in [-0.3, -0.25) is 5.43 Å². The molecule has 0 aliphatic carbocycles. The number of benzene rings is 3. The highest BCUT2D eigenvalue weighted by Crippen LogP contribution is 2.17. The van der Waals surface area contributed by atoms with Gasteiger partial charge in [-0.25, -0.2) is 4.39 Å². The summed E-state index contributed by atoms with van der Waals surface area (Å²) in [5.74, 6) is -0.258. The van der Waals surface area contributed by atoms with Crippen LogP contribution in [0.1, 0.15) is 18.1 Å². The average molecular weight is 347 g/mol. The monoisotopic (exact) mass is 347 g/mol. The second-order valence-electron chi connectivity index (χ2n) is 5.97. The van der Waals surface area contributed by atoms with Gasteiger partial charge in [0, 0.05) is 18.8 Å². The van der Waals surface area contributed by atoms with Crippen molar-refractivity contribution >= 4 is 17.6 Å². The molecule has 1 N–H and O–H groups in total. The Morgan fingerprint density at radius 1 is 0.923 bits per heavy atom. The summed E-state index contributed by atoms with van der Waals surface area (Å²) in [6, 6.07) is 24.8. The lowest BCUT2D eigenvalue weighted by Gasteiger charge is -2.23. The highest BCUT2D eigenvalue weighted by molar-refractivity contribution is 5.81. The van der Waals surface area contributed by atoms with Crippen molar-refractivity contribution in [3.05, 3.63) is 95.8 Å². The van der Waals surface area contributed by atoms with Gasteiger partial charge in [0.2, 0.25) is 0 Å². The fraction of sp³-hybridized carbons (Fsp3) is 0.136. The van der Waals surface area contributed by atoms with Crippen LogP contribution in [0.25, 0.3) is 0 Å². The molecule has 3 aromatic carbocycles. The summed E-state index contributed by atoms with van der Waals surface area (Å²) in [7, 11) is 0. The Morgan fingerprint density at radius 3 is 2.27 bits per heavy atom. The Kier molecular flexibility index (Phi) is 5.99. The standard InChI is InChI=1S/C22H22FN3/c1-2-26(17-19-6-4-3-5-7-19)22-14-8-18(9-15-22)16-24-25-21-12-10-20(23)11-13-21/h3-16,25H,2,17H2,1H3/b24-16+. The second-order valence-corrected chi connectivity index (χ2v) is 5.97. The predicted molar refractivity (Wildman–Crippen MR) is 107 cm³/mol. The maximum absolute atomic E-state index is 12.9. The SMILES string of the molecule is CCN(Cc1ccccc1)c1ccc(/C=N/Nc2ccc(F)cc2)cc1. The first kappa shape index (κ1) is 17.7.